The van der Waals surface area contributed by atoms with Gasteiger partial charge in [0.05, 0.1) is 6.20 Å². The van der Waals surface area contributed by atoms with Crippen molar-refractivity contribution in [2.45, 2.75) is 11.4 Å². The lowest BCUT2D eigenvalue weighted by molar-refractivity contribution is 0.564. The number of aryl methyl sites for hydroxylation is 1. The second-order valence-electron chi connectivity index (χ2n) is 3.93. The zero-order chi connectivity index (χ0) is 12.3. The van der Waals surface area contributed by atoms with Crippen LogP contribution in [0.4, 0.5) is 0 Å². The van der Waals surface area contributed by atoms with Crippen molar-refractivity contribution in [3.8, 4) is 0 Å². The molecule has 94 valence electrons. The molecule has 7 heteroatoms. The van der Waals surface area contributed by atoms with Gasteiger partial charge in [0.1, 0.15) is 0 Å². The summed E-state index contributed by atoms with van der Waals surface area (Å²) in [5.74, 6) is 0. The summed E-state index contributed by atoms with van der Waals surface area (Å²) in [4.78, 5) is 0. The largest absolute Gasteiger partial charge is 0.313 e. The minimum absolute atomic E-state index is 0.187. The number of rotatable bonds is 4. The van der Waals surface area contributed by atoms with Crippen LogP contribution in [0.1, 0.15) is 6.42 Å². The monoisotopic (exact) mass is 256 g/mol. The molecule has 0 bridgehead atoms. The van der Waals surface area contributed by atoms with E-state index in [4.69, 9.17) is 0 Å². The predicted molar refractivity (Wildman–Crippen MR) is 64.0 cm³/mol. The Hall–Kier alpha value is -1.18. The van der Waals surface area contributed by atoms with Crippen LogP contribution in [0.15, 0.2) is 28.9 Å². The van der Waals surface area contributed by atoms with E-state index < -0.39 is 10.0 Å². The SMILES string of the molecule is Cn1nccc1S(=O)(=O)NCC1=CCNCC1. The standard InChI is InChI=1S/C10H16N4O2S/c1-14-10(4-7-12-14)17(15,16)13-8-9-2-5-11-6-3-9/h2,4,7,11,13H,3,5-6,8H2,1H3. The Morgan fingerprint density at radius 1 is 1.59 bits per heavy atom. The number of hydrogen-bond acceptors (Lipinski definition) is 4. The molecule has 2 rings (SSSR count). The van der Waals surface area contributed by atoms with Gasteiger partial charge in [-0.1, -0.05) is 11.6 Å². The minimum Gasteiger partial charge on any atom is -0.313 e. The maximum atomic E-state index is 11.9. The molecule has 0 atom stereocenters. The molecule has 0 radical (unpaired) electrons. The molecule has 1 aliphatic rings. The smallest absolute Gasteiger partial charge is 0.257 e. The molecule has 0 fully saturated rings. The predicted octanol–water partition coefficient (Wildman–Crippen LogP) is -0.382. The summed E-state index contributed by atoms with van der Waals surface area (Å²) in [5.41, 5.74) is 1.12. The first-order valence-corrected chi connectivity index (χ1v) is 6.94. The van der Waals surface area contributed by atoms with Crippen LogP contribution < -0.4 is 10.0 Å². The molecule has 6 nitrogen and oxygen atoms in total. The van der Waals surface area contributed by atoms with Crippen LogP contribution in [0.3, 0.4) is 0 Å². The lowest BCUT2D eigenvalue weighted by atomic mass is 10.1. The fourth-order valence-corrected chi connectivity index (χ4v) is 2.88. The maximum absolute atomic E-state index is 11.9. The normalized spacial score (nSPS) is 16.9. The highest BCUT2D eigenvalue weighted by Gasteiger charge is 2.18. The molecule has 0 aromatic carbocycles. The number of nitrogens with zero attached hydrogens (tertiary/aromatic N) is 2. The van der Waals surface area contributed by atoms with Crippen LogP contribution in [0, 0.1) is 0 Å². The van der Waals surface area contributed by atoms with Crippen LogP contribution >= 0.6 is 0 Å². The molecule has 0 aliphatic carbocycles. The summed E-state index contributed by atoms with van der Waals surface area (Å²) >= 11 is 0. The molecule has 0 amide bonds. The highest BCUT2D eigenvalue weighted by atomic mass is 32.2. The van der Waals surface area contributed by atoms with E-state index in [-0.39, 0.29) is 5.03 Å². The molecule has 2 N–H and O–H groups in total. The first kappa shape index (κ1) is 12.3. The minimum atomic E-state index is -3.46. The van der Waals surface area contributed by atoms with Crippen LogP contribution in [-0.2, 0) is 17.1 Å². The zero-order valence-electron chi connectivity index (χ0n) is 9.68. The van der Waals surface area contributed by atoms with Gasteiger partial charge in [-0.15, -0.1) is 0 Å². The lowest BCUT2D eigenvalue weighted by Crippen LogP contribution is -2.30. The third-order valence-corrected chi connectivity index (χ3v) is 4.17. The van der Waals surface area contributed by atoms with E-state index in [9.17, 15) is 8.42 Å². The average Bonchev–Trinajstić information content (AvgIpc) is 2.75. The Morgan fingerprint density at radius 3 is 3.00 bits per heavy atom. The lowest BCUT2D eigenvalue weighted by Gasteiger charge is -2.14. The average molecular weight is 256 g/mol. The summed E-state index contributed by atoms with van der Waals surface area (Å²) in [5, 5.41) is 7.22. The van der Waals surface area contributed by atoms with Gasteiger partial charge in [-0.25, -0.2) is 13.1 Å². The van der Waals surface area contributed by atoms with E-state index >= 15 is 0 Å². The topological polar surface area (TPSA) is 76.0 Å². The summed E-state index contributed by atoms with van der Waals surface area (Å²) in [6, 6.07) is 1.49. The second kappa shape index (κ2) is 4.99. The Kier molecular flexibility index (Phi) is 3.60. The van der Waals surface area contributed by atoms with Crippen LogP contribution in [0.5, 0.6) is 0 Å². The molecule has 1 aliphatic heterocycles. The van der Waals surface area contributed by atoms with Crippen molar-refractivity contribution >= 4 is 10.0 Å². The van der Waals surface area contributed by atoms with Gasteiger partial charge < -0.3 is 5.32 Å². The van der Waals surface area contributed by atoms with Crippen molar-refractivity contribution in [2.75, 3.05) is 19.6 Å². The van der Waals surface area contributed by atoms with E-state index in [1.807, 2.05) is 6.08 Å². The van der Waals surface area contributed by atoms with Crippen molar-refractivity contribution < 1.29 is 8.42 Å². The quantitative estimate of drug-likeness (QED) is 0.720. The van der Waals surface area contributed by atoms with E-state index in [1.54, 1.807) is 7.05 Å². The Morgan fingerprint density at radius 2 is 2.41 bits per heavy atom. The zero-order valence-corrected chi connectivity index (χ0v) is 10.5. The molecular weight excluding hydrogens is 240 g/mol. The van der Waals surface area contributed by atoms with Crippen LogP contribution in [0.25, 0.3) is 0 Å². The van der Waals surface area contributed by atoms with Crippen molar-refractivity contribution in [3.05, 3.63) is 23.9 Å². The van der Waals surface area contributed by atoms with E-state index in [2.05, 4.69) is 15.1 Å². The van der Waals surface area contributed by atoms with Gasteiger partial charge in [-0.2, -0.15) is 5.10 Å². The summed E-state index contributed by atoms with van der Waals surface area (Å²) < 4.78 is 27.8. The van der Waals surface area contributed by atoms with Gasteiger partial charge in [0.2, 0.25) is 0 Å². The van der Waals surface area contributed by atoms with Crippen LogP contribution in [-0.4, -0.2) is 37.8 Å². The van der Waals surface area contributed by atoms with Crippen molar-refractivity contribution in [2.24, 2.45) is 7.05 Å². The van der Waals surface area contributed by atoms with E-state index in [0.717, 1.165) is 25.1 Å². The Labute approximate surface area is 101 Å². The highest BCUT2D eigenvalue weighted by molar-refractivity contribution is 7.89. The molecule has 17 heavy (non-hydrogen) atoms. The molecule has 0 saturated heterocycles. The third-order valence-electron chi connectivity index (χ3n) is 2.70. The van der Waals surface area contributed by atoms with Gasteiger partial charge in [0.25, 0.3) is 10.0 Å². The Balaban J connectivity index is 2.03. The molecule has 1 aromatic rings. The van der Waals surface area contributed by atoms with Gasteiger partial charge in [-0.3, -0.25) is 4.68 Å². The molecule has 2 heterocycles. The van der Waals surface area contributed by atoms with Gasteiger partial charge in [-0.05, 0) is 19.0 Å². The first-order chi connectivity index (χ1) is 8.09. The fraction of sp³-hybridized carbons (Fsp3) is 0.500. The molecule has 0 spiro atoms. The second-order valence-corrected chi connectivity index (χ2v) is 5.65. The van der Waals surface area contributed by atoms with Crippen molar-refractivity contribution in [3.63, 3.8) is 0 Å². The third kappa shape index (κ3) is 2.93. The van der Waals surface area contributed by atoms with Gasteiger partial charge in [0, 0.05) is 20.1 Å². The number of nitrogens with one attached hydrogen (secondary N) is 2. The number of sulfonamides is 1. The molecule has 0 unspecified atom stereocenters. The van der Waals surface area contributed by atoms with Crippen LogP contribution in [0.2, 0.25) is 0 Å². The van der Waals surface area contributed by atoms with E-state index in [0.29, 0.717) is 6.54 Å². The molecule has 0 saturated carbocycles. The fourth-order valence-electron chi connectivity index (χ4n) is 1.72. The highest BCUT2D eigenvalue weighted by Crippen LogP contribution is 2.08. The number of aromatic nitrogens is 2. The molecule has 1 aromatic heterocycles. The van der Waals surface area contributed by atoms with Crippen molar-refractivity contribution in [1.82, 2.24) is 19.8 Å². The Bertz CT molecular complexity index is 518. The summed E-state index contributed by atoms with van der Waals surface area (Å²) in [6.07, 6.45) is 4.38. The summed E-state index contributed by atoms with van der Waals surface area (Å²) in [7, 11) is -1.85. The van der Waals surface area contributed by atoms with Gasteiger partial charge in [0.15, 0.2) is 5.03 Å². The first-order valence-electron chi connectivity index (χ1n) is 5.46. The summed E-state index contributed by atoms with van der Waals surface area (Å²) in [6.45, 7) is 2.08. The van der Waals surface area contributed by atoms with Gasteiger partial charge >= 0.3 is 0 Å². The molecular formula is C10H16N4O2S. The maximum Gasteiger partial charge on any atom is 0.257 e. The van der Waals surface area contributed by atoms with Crippen molar-refractivity contribution in [1.29, 1.82) is 0 Å². The number of hydrogen-bond donors (Lipinski definition) is 2. The van der Waals surface area contributed by atoms with E-state index in [1.165, 1.54) is 16.9 Å².